The van der Waals surface area contributed by atoms with Crippen molar-refractivity contribution >= 4 is 46.6 Å². The minimum atomic E-state index is -0.360. The van der Waals surface area contributed by atoms with Crippen LogP contribution >= 0.6 is 23.4 Å². The van der Waals surface area contributed by atoms with Crippen molar-refractivity contribution in [3.63, 3.8) is 0 Å². The first-order valence-corrected chi connectivity index (χ1v) is 12.0. The molecule has 0 aliphatic carbocycles. The van der Waals surface area contributed by atoms with E-state index in [1.165, 1.54) is 26.0 Å². The van der Waals surface area contributed by atoms with E-state index in [9.17, 15) is 9.59 Å². The number of halogens is 1. The molecular weight excluding hydrogens is 472 g/mol. The lowest BCUT2D eigenvalue weighted by molar-refractivity contribution is -0.116. The molecule has 2 N–H and O–H groups in total. The number of carbonyl (C=O) groups excluding carboxylic acids is 2. The molecular formula is C26H27ClN2O4S. The summed E-state index contributed by atoms with van der Waals surface area (Å²) in [5, 5.41) is 5.84. The zero-order chi connectivity index (χ0) is 24.5. The van der Waals surface area contributed by atoms with Gasteiger partial charge in [0, 0.05) is 16.6 Å². The minimum absolute atomic E-state index is 0.0957. The second-order valence-corrected chi connectivity index (χ2v) is 9.11. The van der Waals surface area contributed by atoms with Crippen LogP contribution in [-0.2, 0) is 16.0 Å². The molecule has 0 aliphatic heterocycles. The molecule has 2 amide bonds. The number of rotatable bonds is 10. The number of thioether (sulfide) groups is 1. The second-order valence-electron chi connectivity index (χ2n) is 7.43. The Balaban J connectivity index is 1.66. The maximum atomic E-state index is 13.0. The smallest absolute Gasteiger partial charge is 0.237 e. The first-order chi connectivity index (χ1) is 16.4. The lowest BCUT2D eigenvalue weighted by atomic mass is 10.1. The van der Waals surface area contributed by atoms with E-state index in [2.05, 4.69) is 10.6 Å². The molecule has 0 aliphatic rings. The zero-order valence-corrected chi connectivity index (χ0v) is 20.8. The van der Waals surface area contributed by atoms with Crippen molar-refractivity contribution in [2.75, 3.05) is 24.9 Å². The molecule has 0 radical (unpaired) electrons. The molecule has 34 heavy (non-hydrogen) atoms. The molecule has 0 saturated carbocycles. The highest BCUT2D eigenvalue weighted by Gasteiger charge is 2.21. The summed E-state index contributed by atoms with van der Waals surface area (Å²) >= 11 is 7.65. The van der Waals surface area contributed by atoms with Crippen LogP contribution in [0.25, 0.3) is 0 Å². The molecule has 1 atom stereocenters. The Morgan fingerprint density at radius 1 is 0.941 bits per heavy atom. The number of benzene rings is 3. The van der Waals surface area contributed by atoms with Gasteiger partial charge in [0.1, 0.15) is 11.5 Å². The third-order valence-electron chi connectivity index (χ3n) is 5.00. The molecule has 3 rings (SSSR count). The number of carbonyl (C=O) groups is 2. The van der Waals surface area contributed by atoms with E-state index in [0.717, 1.165) is 10.5 Å². The fourth-order valence-corrected chi connectivity index (χ4v) is 4.55. The molecule has 0 heterocycles. The molecule has 0 spiro atoms. The van der Waals surface area contributed by atoms with Gasteiger partial charge in [-0.25, -0.2) is 0 Å². The number of methoxy groups -OCH3 is 2. The quantitative estimate of drug-likeness (QED) is 0.333. The normalized spacial score (nSPS) is 11.4. The number of ether oxygens (including phenoxy) is 2. The Hall–Kier alpha value is -3.16. The molecule has 178 valence electrons. The summed E-state index contributed by atoms with van der Waals surface area (Å²) in [6, 6.07) is 20.3. The van der Waals surface area contributed by atoms with E-state index in [1.54, 1.807) is 12.1 Å². The largest absolute Gasteiger partial charge is 0.495 e. The van der Waals surface area contributed by atoms with Crippen molar-refractivity contribution in [3.05, 3.63) is 77.3 Å². The van der Waals surface area contributed by atoms with Gasteiger partial charge in [0.15, 0.2) is 0 Å². The summed E-state index contributed by atoms with van der Waals surface area (Å²) in [5.74, 6) is 0.647. The van der Waals surface area contributed by atoms with Crippen LogP contribution in [-0.4, -0.2) is 31.3 Å². The molecule has 3 aromatic rings. The lowest BCUT2D eigenvalue weighted by Gasteiger charge is -2.18. The third kappa shape index (κ3) is 6.92. The highest BCUT2D eigenvalue weighted by Crippen LogP contribution is 2.37. The van der Waals surface area contributed by atoms with Crippen molar-refractivity contribution in [1.82, 2.24) is 0 Å². The van der Waals surface area contributed by atoms with Crippen molar-refractivity contribution in [2.24, 2.45) is 0 Å². The predicted octanol–water partition coefficient (Wildman–Crippen LogP) is 6.05. The standard InChI is InChI=1S/C26H27ClN2O4S/c1-4-24(26(31)29-21-15-20(27)22(32-2)16-23(21)33-3)34-19-12-8-11-18(14-19)28-25(30)13-17-9-6-5-7-10-17/h5-12,14-16,24H,4,13H2,1-3H3,(H,28,30)(H,29,31). The van der Waals surface area contributed by atoms with Crippen LogP contribution in [0, 0.1) is 0 Å². The van der Waals surface area contributed by atoms with Gasteiger partial charge in [-0.15, -0.1) is 11.8 Å². The molecule has 0 fully saturated rings. The van der Waals surface area contributed by atoms with Crippen LogP contribution < -0.4 is 20.1 Å². The monoisotopic (exact) mass is 498 g/mol. The van der Waals surface area contributed by atoms with E-state index in [0.29, 0.717) is 40.7 Å². The van der Waals surface area contributed by atoms with Gasteiger partial charge in [0.05, 0.1) is 36.6 Å². The fourth-order valence-electron chi connectivity index (χ4n) is 3.29. The van der Waals surface area contributed by atoms with E-state index < -0.39 is 0 Å². The van der Waals surface area contributed by atoms with Crippen LogP contribution in [0.15, 0.2) is 71.6 Å². The van der Waals surface area contributed by atoms with Gasteiger partial charge in [-0.1, -0.05) is 54.9 Å². The summed E-state index contributed by atoms with van der Waals surface area (Å²) < 4.78 is 10.6. The van der Waals surface area contributed by atoms with Crippen molar-refractivity contribution in [1.29, 1.82) is 0 Å². The third-order valence-corrected chi connectivity index (χ3v) is 6.65. The minimum Gasteiger partial charge on any atom is -0.495 e. The maximum Gasteiger partial charge on any atom is 0.237 e. The number of hydrogen-bond acceptors (Lipinski definition) is 5. The summed E-state index contributed by atoms with van der Waals surface area (Å²) in [7, 11) is 3.03. The van der Waals surface area contributed by atoms with Crippen molar-refractivity contribution in [2.45, 2.75) is 29.9 Å². The van der Waals surface area contributed by atoms with Crippen LogP contribution in [0.1, 0.15) is 18.9 Å². The number of anilines is 2. The number of nitrogens with one attached hydrogen (secondary N) is 2. The Bertz CT molecular complexity index is 1140. The molecule has 6 nitrogen and oxygen atoms in total. The zero-order valence-electron chi connectivity index (χ0n) is 19.3. The van der Waals surface area contributed by atoms with Crippen LogP contribution in [0.4, 0.5) is 11.4 Å². The molecule has 0 bridgehead atoms. The Labute approximate surface area is 209 Å². The number of hydrogen-bond donors (Lipinski definition) is 2. The number of amides is 2. The fraction of sp³-hybridized carbons (Fsp3) is 0.231. The van der Waals surface area contributed by atoms with Gasteiger partial charge in [0.2, 0.25) is 11.8 Å². The maximum absolute atomic E-state index is 13.0. The molecule has 1 unspecified atom stereocenters. The van der Waals surface area contributed by atoms with Gasteiger partial charge in [0.25, 0.3) is 0 Å². The molecule has 0 saturated heterocycles. The average Bonchev–Trinajstić information content (AvgIpc) is 2.83. The van der Waals surface area contributed by atoms with Crippen LogP contribution in [0.3, 0.4) is 0 Å². The van der Waals surface area contributed by atoms with Crippen LogP contribution in [0.5, 0.6) is 11.5 Å². The van der Waals surface area contributed by atoms with Crippen molar-refractivity contribution in [3.8, 4) is 11.5 Å². The first-order valence-electron chi connectivity index (χ1n) is 10.8. The Morgan fingerprint density at radius 3 is 2.35 bits per heavy atom. The Morgan fingerprint density at radius 2 is 1.68 bits per heavy atom. The molecule has 8 heteroatoms. The second kappa shape index (κ2) is 12.3. The van der Waals surface area contributed by atoms with Gasteiger partial charge in [-0.2, -0.15) is 0 Å². The van der Waals surface area contributed by atoms with Crippen molar-refractivity contribution < 1.29 is 19.1 Å². The van der Waals surface area contributed by atoms with E-state index in [-0.39, 0.29) is 17.1 Å². The van der Waals surface area contributed by atoms with Gasteiger partial charge >= 0.3 is 0 Å². The van der Waals surface area contributed by atoms with Gasteiger partial charge in [-0.05, 0) is 36.2 Å². The predicted molar refractivity (Wildman–Crippen MR) is 138 cm³/mol. The summed E-state index contributed by atoms with van der Waals surface area (Å²) in [4.78, 5) is 26.3. The lowest BCUT2D eigenvalue weighted by Crippen LogP contribution is -2.24. The summed E-state index contributed by atoms with van der Waals surface area (Å²) in [6.07, 6.45) is 0.901. The van der Waals surface area contributed by atoms with E-state index >= 15 is 0 Å². The SMILES string of the molecule is CCC(Sc1cccc(NC(=O)Cc2ccccc2)c1)C(=O)Nc1cc(Cl)c(OC)cc1OC. The van der Waals surface area contributed by atoms with Crippen LogP contribution in [0.2, 0.25) is 5.02 Å². The Kier molecular flexibility index (Phi) is 9.24. The molecule has 0 aromatic heterocycles. The van der Waals surface area contributed by atoms with E-state index in [1.807, 2.05) is 61.5 Å². The summed E-state index contributed by atoms with van der Waals surface area (Å²) in [6.45, 7) is 1.95. The first kappa shape index (κ1) is 25.5. The van der Waals surface area contributed by atoms with Gasteiger partial charge in [-0.3, -0.25) is 9.59 Å². The highest BCUT2D eigenvalue weighted by atomic mass is 35.5. The summed E-state index contributed by atoms with van der Waals surface area (Å²) in [5.41, 5.74) is 2.10. The highest BCUT2D eigenvalue weighted by molar-refractivity contribution is 8.00. The van der Waals surface area contributed by atoms with E-state index in [4.69, 9.17) is 21.1 Å². The molecule has 3 aromatic carbocycles. The topological polar surface area (TPSA) is 76.7 Å². The average molecular weight is 499 g/mol. The van der Waals surface area contributed by atoms with Gasteiger partial charge < -0.3 is 20.1 Å².